The van der Waals surface area contributed by atoms with Crippen LogP contribution in [0.5, 0.6) is 0 Å². The smallest absolute Gasteiger partial charge is 0.334 e. The molecule has 1 N–H and O–H groups in total. The Morgan fingerprint density at radius 2 is 2.36 bits per heavy atom. The van der Waals surface area contributed by atoms with Gasteiger partial charge in [-0.05, 0) is 13.3 Å². The van der Waals surface area contributed by atoms with Crippen LogP contribution in [0, 0.1) is 0 Å². The summed E-state index contributed by atoms with van der Waals surface area (Å²) in [7, 11) is 0. The van der Waals surface area contributed by atoms with Gasteiger partial charge >= 0.3 is 5.90 Å². The first-order chi connectivity index (χ1) is 5.25. The van der Waals surface area contributed by atoms with Crippen LogP contribution in [0.4, 0.5) is 0 Å². The summed E-state index contributed by atoms with van der Waals surface area (Å²) in [5, 5.41) is 9.43. The third-order valence-electron chi connectivity index (χ3n) is 2.37. The molecule has 0 spiro atoms. The molecule has 0 bridgehead atoms. The van der Waals surface area contributed by atoms with Crippen molar-refractivity contribution < 1.29 is 9.68 Å². The minimum atomic E-state index is 0.530. The molecule has 1 aliphatic rings. The highest BCUT2D eigenvalue weighted by molar-refractivity contribution is 5.69. The summed E-state index contributed by atoms with van der Waals surface area (Å²) in [4.78, 5) is 0. The second-order valence-electron chi connectivity index (χ2n) is 3.35. The number of aliphatic hydroxyl groups excluding tert-OH is 1. The summed E-state index contributed by atoms with van der Waals surface area (Å²) in [5.41, 5.74) is 0. The third-order valence-corrected chi connectivity index (χ3v) is 2.37. The predicted octanol–water partition coefficient (Wildman–Crippen LogP) is 1.94. The minimum absolute atomic E-state index is 0.530. The van der Waals surface area contributed by atoms with Gasteiger partial charge in [0.25, 0.3) is 0 Å². The molecule has 0 saturated heterocycles. The zero-order chi connectivity index (χ0) is 8.27. The Kier molecular flexibility index (Phi) is 2.92. The average molecular weight is 156 g/mol. The van der Waals surface area contributed by atoms with Crippen molar-refractivity contribution in [2.24, 2.45) is 0 Å². The molecular weight excluding hydrogens is 138 g/mol. The number of rotatable bonds is 3. The van der Waals surface area contributed by atoms with Crippen molar-refractivity contribution in [2.75, 3.05) is 6.54 Å². The Bertz CT molecular complexity index is 163. The highest BCUT2D eigenvalue weighted by Gasteiger charge is 2.25. The summed E-state index contributed by atoms with van der Waals surface area (Å²) in [6, 6.07) is 0.530. The van der Waals surface area contributed by atoms with Crippen LogP contribution in [0.25, 0.3) is 0 Å². The lowest BCUT2D eigenvalue weighted by atomic mass is 10.2. The maximum Gasteiger partial charge on any atom is 0.334 e. The van der Waals surface area contributed by atoms with Crippen LogP contribution in [0.3, 0.4) is 0 Å². The molecule has 0 amide bonds. The van der Waals surface area contributed by atoms with Gasteiger partial charge in [0.05, 0.1) is 6.42 Å². The zero-order valence-corrected chi connectivity index (χ0v) is 7.51. The quantitative estimate of drug-likeness (QED) is 0.620. The van der Waals surface area contributed by atoms with E-state index < -0.39 is 0 Å². The van der Waals surface area contributed by atoms with E-state index in [1.54, 1.807) is 0 Å². The topological polar surface area (TPSA) is 23.2 Å². The van der Waals surface area contributed by atoms with Gasteiger partial charge in [0, 0.05) is 12.8 Å². The first kappa shape index (κ1) is 8.57. The van der Waals surface area contributed by atoms with Crippen molar-refractivity contribution in [1.82, 2.24) is 0 Å². The maximum absolute atomic E-state index is 9.43. The molecule has 1 rings (SSSR count). The molecule has 11 heavy (non-hydrogen) atoms. The minimum Gasteiger partial charge on any atom is -0.464 e. The van der Waals surface area contributed by atoms with E-state index in [2.05, 4.69) is 18.4 Å². The van der Waals surface area contributed by atoms with Crippen LogP contribution in [-0.4, -0.2) is 28.2 Å². The van der Waals surface area contributed by atoms with E-state index in [4.69, 9.17) is 0 Å². The molecule has 1 aliphatic heterocycles. The lowest BCUT2D eigenvalue weighted by Crippen LogP contribution is -2.25. The van der Waals surface area contributed by atoms with Crippen LogP contribution in [0.1, 0.15) is 39.5 Å². The van der Waals surface area contributed by atoms with Crippen LogP contribution in [0.15, 0.2) is 0 Å². The van der Waals surface area contributed by atoms with E-state index in [9.17, 15) is 5.11 Å². The first-order valence-corrected chi connectivity index (χ1v) is 4.57. The summed E-state index contributed by atoms with van der Waals surface area (Å²) in [6.45, 7) is 5.42. The molecule has 0 aromatic heterocycles. The summed E-state index contributed by atoms with van der Waals surface area (Å²) >= 11 is 0. The van der Waals surface area contributed by atoms with E-state index in [0.29, 0.717) is 11.9 Å². The number of aliphatic hydroxyl groups is 1. The van der Waals surface area contributed by atoms with Crippen LogP contribution in [-0.2, 0) is 0 Å². The molecule has 0 aromatic carbocycles. The predicted molar refractivity (Wildman–Crippen MR) is 46.4 cm³/mol. The van der Waals surface area contributed by atoms with Crippen LogP contribution >= 0.6 is 0 Å². The van der Waals surface area contributed by atoms with Crippen LogP contribution < -0.4 is 0 Å². The van der Waals surface area contributed by atoms with E-state index in [1.165, 1.54) is 12.8 Å². The van der Waals surface area contributed by atoms with Gasteiger partial charge in [0.15, 0.2) is 6.04 Å². The number of nitrogens with zero attached hydrogens (tertiary/aromatic N) is 1. The molecular formula is C9H18NO+. The SMILES string of the molecule is CCC[C@H](C)[N+]1=C(O)CCC1. The van der Waals surface area contributed by atoms with Gasteiger partial charge < -0.3 is 5.11 Å². The van der Waals surface area contributed by atoms with Crippen molar-refractivity contribution in [3.8, 4) is 0 Å². The van der Waals surface area contributed by atoms with Gasteiger partial charge in [-0.15, -0.1) is 0 Å². The maximum atomic E-state index is 9.43. The molecule has 0 unspecified atom stereocenters. The fraction of sp³-hybridized carbons (Fsp3) is 0.889. The third kappa shape index (κ3) is 1.95. The fourth-order valence-electron chi connectivity index (χ4n) is 1.73. The molecule has 2 heteroatoms. The summed E-state index contributed by atoms with van der Waals surface area (Å²) in [6.07, 6.45) is 4.39. The highest BCUT2D eigenvalue weighted by atomic mass is 16.3. The molecule has 1 atom stereocenters. The van der Waals surface area contributed by atoms with E-state index in [1.807, 2.05) is 0 Å². The van der Waals surface area contributed by atoms with Crippen molar-refractivity contribution in [1.29, 1.82) is 0 Å². The average Bonchev–Trinajstić information content (AvgIpc) is 2.36. The molecule has 2 nitrogen and oxygen atoms in total. The molecule has 0 saturated carbocycles. The monoisotopic (exact) mass is 156 g/mol. The Labute approximate surface area is 68.6 Å². The lowest BCUT2D eigenvalue weighted by molar-refractivity contribution is -0.562. The zero-order valence-electron chi connectivity index (χ0n) is 7.51. The Morgan fingerprint density at radius 3 is 2.82 bits per heavy atom. The summed E-state index contributed by atoms with van der Waals surface area (Å²) < 4.78 is 2.13. The normalized spacial score (nSPS) is 20.9. The van der Waals surface area contributed by atoms with Gasteiger partial charge in [0.1, 0.15) is 6.54 Å². The molecule has 0 aromatic rings. The van der Waals surface area contributed by atoms with Gasteiger partial charge in [-0.3, -0.25) is 0 Å². The first-order valence-electron chi connectivity index (χ1n) is 4.57. The Balaban J connectivity index is 2.51. The number of hydrogen-bond acceptors (Lipinski definition) is 0. The van der Waals surface area contributed by atoms with Crippen LogP contribution in [0.2, 0.25) is 0 Å². The largest absolute Gasteiger partial charge is 0.464 e. The van der Waals surface area contributed by atoms with Crippen molar-refractivity contribution in [3.63, 3.8) is 0 Å². The fourth-order valence-corrected chi connectivity index (χ4v) is 1.73. The second kappa shape index (κ2) is 3.74. The van der Waals surface area contributed by atoms with E-state index >= 15 is 0 Å². The molecule has 1 heterocycles. The summed E-state index contributed by atoms with van der Waals surface area (Å²) in [5.74, 6) is 0.603. The molecule has 64 valence electrons. The lowest BCUT2D eigenvalue weighted by Gasteiger charge is -2.06. The second-order valence-corrected chi connectivity index (χ2v) is 3.35. The van der Waals surface area contributed by atoms with Crippen molar-refractivity contribution >= 4 is 5.90 Å². The van der Waals surface area contributed by atoms with Gasteiger partial charge in [-0.1, -0.05) is 6.92 Å². The van der Waals surface area contributed by atoms with E-state index in [-0.39, 0.29) is 0 Å². The molecule has 0 radical (unpaired) electrons. The van der Waals surface area contributed by atoms with Gasteiger partial charge in [-0.2, -0.15) is 0 Å². The van der Waals surface area contributed by atoms with Gasteiger partial charge in [-0.25, -0.2) is 4.58 Å². The van der Waals surface area contributed by atoms with Crippen molar-refractivity contribution in [2.45, 2.75) is 45.6 Å². The Morgan fingerprint density at radius 1 is 1.64 bits per heavy atom. The highest BCUT2D eigenvalue weighted by Crippen LogP contribution is 2.09. The van der Waals surface area contributed by atoms with Gasteiger partial charge in [0.2, 0.25) is 0 Å². The van der Waals surface area contributed by atoms with Crippen molar-refractivity contribution in [3.05, 3.63) is 0 Å². The number of hydrogen-bond donors (Lipinski definition) is 1. The standard InChI is InChI=1S/C9H17NO/c1-3-5-8(2)10-7-4-6-9(10)11/h8H,3-7H2,1-2H3/p+1/t8-/m0/s1. The molecule has 0 aliphatic carbocycles. The Hall–Kier alpha value is -0.530. The van der Waals surface area contributed by atoms with E-state index in [0.717, 1.165) is 19.4 Å². The molecule has 0 fully saturated rings.